The molecule has 0 aliphatic carbocycles. The Morgan fingerprint density at radius 3 is 2.65 bits per heavy atom. The molecule has 0 aliphatic rings. The molecule has 0 radical (unpaired) electrons. The summed E-state index contributed by atoms with van der Waals surface area (Å²) < 4.78 is 11.9. The summed E-state index contributed by atoms with van der Waals surface area (Å²) in [5, 5.41) is 7.04. The van der Waals surface area contributed by atoms with E-state index >= 15 is 0 Å². The van der Waals surface area contributed by atoms with Crippen LogP contribution in [0.4, 0.5) is 5.69 Å². The molecule has 0 bridgehead atoms. The molecule has 0 aromatic heterocycles. The first-order valence-corrected chi connectivity index (χ1v) is 9.24. The van der Waals surface area contributed by atoms with Crippen LogP contribution < -0.4 is 20.2 Å². The van der Waals surface area contributed by atoms with Gasteiger partial charge in [-0.1, -0.05) is 17.7 Å². The molecule has 2 rings (SSSR count). The predicted molar refractivity (Wildman–Crippen MR) is 112 cm³/mol. The fourth-order valence-corrected chi connectivity index (χ4v) is 2.95. The number of hydrazone groups is 1. The minimum atomic E-state index is -0.227. The van der Waals surface area contributed by atoms with Crippen molar-refractivity contribution in [3.8, 4) is 11.5 Å². The Balaban J connectivity index is 1.91. The summed E-state index contributed by atoms with van der Waals surface area (Å²) in [6.07, 6.45) is 1.57. The Bertz CT molecular complexity index is 776. The smallest absolute Gasteiger partial charge is 0.259 e. The number of anilines is 1. The number of ether oxygens (including phenoxy) is 2. The molecule has 26 heavy (non-hydrogen) atoms. The first-order chi connectivity index (χ1) is 12.5. The minimum Gasteiger partial charge on any atom is -0.493 e. The number of benzene rings is 2. The van der Waals surface area contributed by atoms with E-state index < -0.39 is 0 Å². The Hall–Kier alpha value is -2.29. The molecule has 0 saturated heterocycles. The van der Waals surface area contributed by atoms with Gasteiger partial charge in [0.1, 0.15) is 0 Å². The van der Waals surface area contributed by atoms with Gasteiger partial charge < -0.3 is 14.8 Å². The topological polar surface area (TPSA) is 72.0 Å². The van der Waals surface area contributed by atoms with Crippen molar-refractivity contribution in [3.05, 3.63) is 51.1 Å². The van der Waals surface area contributed by atoms with E-state index in [2.05, 4.69) is 38.4 Å². The minimum absolute atomic E-state index is 0.143. The summed E-state index contributed by atoms with van der Waals surface area (Å²) in [5.74, 6) is 1.11. The van der Waals surface area contributed by atoms with Gasteiger partial charge in [-0.3, -0.25) is 4.79 Å². The quantitative estimate of drug-likeness (QED) is 0.354. The van der Waals surface area contributed by atoms with Gasteiger partial charge in [0.2, 0.25) is 0 Å². The second-order valence-electron chi connectivity index (χ2n) is 5.48. The highest BCUT2D eigenvalue weighted by Gasteiger charge is 2.10. The lowest BCUT2D eigenvalue weighted by atomic mass is 10.2. The third kappa shape index (κ3) is 5.91. The van der Waals surface area contributed by atoms with Crippen LogP contribution in [0.5, 0.6) is 11.5 Å². The van der Waals surface area contributed by atoms with Crippen molar-refractivity contribution in [1.29, 1.82) is 0 Å². The van der Waals surface area contributed by atoms with E-state index in [1.165, 1.54) is 5.56 Å². The van der Waals surface area contributed by atoms with Crippen molar-refractivity contribution >= 4 is 40.4 Å². The van der Waals surface area contributed by atoms with Crippen molar-refractivity contribution in [2.24, 2.45) is 5.10 Å². The van der Waals surface area contributed by atoms with Gasteiger partial charge in [-0.2, -0.15) is 5.10 Å². The van der Waals surface area contributed by atoms with Crippen LogP contribution in [0.15, 0.2) is 41.5 Å². The highest BCUT2D eigenvalue weighted by Crippen LogP contribution is 2.33. The number of nitrogens with zero attached hydrogens (tertiary/aromatic N) is 1. The van der Waals surface area contributed by atoms with E-state index in [1.807, 2.05) is 50.2 Å². The largest absolute Gasteiger partial charge is 0.493 e. The lowest BCUT2D eigenvalue weighted by molar-refractivity contribution is -0.119. The molecule has 0 spiro atoms. The molecule has 1 amide bonds. The standard InChI is InChI=1S/C19H22IN3O3/c1-4-26-19-16(20)9-14(10-17(19)25-3)11-22-23-18(24)12-21-15-7-5-13(2)6-8-15/h5-11,21H,4,12H2,1-3H3,(H,23,24)/b22-11-. The van der Waals surface area contributed by atoms with Crippen LogP contribution >= 0.6 is 22.6 Å². The number of amides is 1. The van der Waals surface area contributed by atoms with E-state index in [-0.39, 0.29) is 12.5 Å². The second-order valence-corrected chi connectivity index (χ2v) is 6.64. The number of hydrogen-bond donors (Lipinski definition) is 2. The van der Waals surface area contributed by atoms with E-state index in [0.29, 0.717) is 18.1 Å². The summed E-state index contributed by atoms with van der Waals surface area (Å²) in [4.78, 5) is 11.9. The molecular weight excluding hydrogens is 445 g/mol. The first-order valence-electron chi connectivity index (χ1n) is 8.16. The lowest BCUT2D eigenvalue weighted by Crippen LogP contribution is -2.25. The van der Waals surface area contributed by atoms with E-state index in [0.717, 1.165) is 14.8 Å². The summed E-state index contributed by atoms with van der Waals surface area (Å²) in [6, 6.07) is 11.6. The lowest BCUT2D eigenvalue weighted by Gasteiger charge is -2.12. The predicted octanol–water partition coefficient (Wildman–Crippen LogP) is 3.57. The third-order valence-corrected chi connectivity index (χ3v) is 4.25. The Morgan fingerprint density at radius 2 is 2.00 bits per heavy atom. The number of aryl methyl sites for hydroxylation is 1. The fraction of sp³-hybridized carbons (Fsp3) is 0.263. The van der Waals surface area contributed by atoms with Gasteiger partial charge in [0, 0.05) is 5.69 Å². The van der Waals surface area contributed by atoms with Crippen molar-refractivity contribution in [1.82, 2.24) is 5.43 Å². The summed E-state index contributed by atoms with van der Waals surface area (Å²) in [5.41, 5.74) is 5.37. The molecule has 2 aromatic carbocycles. The molecule has 0 fully saturated rings. The molecule has 138 valence electrons. The van der Waals surface area contributed by atoms with Crippen molar-refractivity contribution in [3.63, 3.8) is 0 Å². The Morgan fingerprint density at radius 1 is 1.27 bits per heavy atom. The monoisotopic (exact) mass is 467 g/mol. The van der Waals surface area contributed by atoms with Crippen LogP contribution in [0.25, 0.3) is 0 Å². The van der Waals surface area contributed by atoms with Crippen LogP contribution in [0.1, 0.15) is 18.1 Å². The molecule has 2 N–H and O–H groups in total. The van der Waals surface area contributed by atoms with Crippen LogP contribution in [0.3, 0.4) is 0 Å². The number of carbonyl (C=O) groups excluding carboxylic acids is 1. The number of halogens is 1. The number of hydrogen-bond acceptors (Lipinski definition) is 5. The van der Waals surface area contributed by atoms with Crippen LogP contribution in [-0.2, 0) is 4.79 Å². The average molecular weight is 467 g/mol. The fourth-order valence-electron chi connectivity index (χ4n) is 2.17. The van der Waals surface area contributed by atoms with Gasteiger partial charge in [0.05, 0.1) is 30.0 Å². The zero-order chi connectivity index (χ0) is 18.9. The number of nitrogens with one attached hydrogen (secondary N) is 2. The molecule has 0 atom stereocenters. The maximum Gasteiger partial charge on any atom is 0.259 e. The summed E-state index contributed by atoms with van der Waals surface area (Å²) >= 11 is 2.18. The number of methoxy groups -OCH3 is 1. The van der Waals surface area contributed by atoms with E-state index in [9.17, 15) is 4.79 Å². The zero-order valence-electron chi connectivity index (χ0n) is 15.0. The van der Waals surface area contributed by atoms with Crippen molar-refractivity contribution < 1.29 is 14.3 Å². The van der Waals surface area contributed by atoms with Gasteiger partial charge in [-0.05, 0) is 66.3 Å². The van der Waals surface area contributed by atoms with Gasteiger partial charge in [-0.15, -0.1) is 0 Å². The van der Waals surface area contributed by atoms with E-state index in [1.54, 1.807) is 13.3 Å². The van der Waals surface area contributed by atoms with Gasteiger partial charge in [-0.25, -0.2) is 5.43 Å². The molecule has 0 saturated carbocycles. The number of rotatable bonds is 8. The summed E-state index contributed by atoms with van der Waals surface area (Å²) in [6.45, 7) is 4.64. The van der Waals surface area contributed by atoms with Crippen LogP contribution in [0, 0.1) is 10.5 Å². The maximum atomic E-state index is 11.9. The first kappa shape index (κ1) is 20.0. The highest BCUT2D eigenvalue weighted by molar-refractivity contribution is 14.1. The Labute approximate surface area is 167 Å². The molecule has 0 heterocycles. The highest BCUT2D eigenvalue weighted by atomic mass is 127. The Kier molecular flexibility index (Phi) is 7.71. The van der Waals surface area contributed by atoms with Crippen molar-refractivity contribution in [2.75, 3.05) is 25.6 Å². The van der Waals surface area contributed by atoms with Crippen molar-refractivity contribution in [2.45, 2.75) is 13.8 Å². The normalized spacial score (nSPS) is 10.6. The van der Waals surface area contributed by atoms with Gasteiger partial charge >= 0.3 is 0 Å². The molecule has 0 unspecified atom stereocenters. The van der Waals surface area contributed by atoms with Crippen LogP contribution in [-0.4, -0.2) is 32.4 Å². The second kappa shape index (κ2) is 10.0. The molecular formula is C19H22IN3O3. The molecule has 6 nitrogen and oxygen atoms in total. The average Bonchev–Trinajstić information content (AvgIpc) is 2.63. The summed E-state index contributed by atoms with van der Waals surface area (Å²) in [7, 11) is 1.59. The van der Waals surface area contributed by atoms with Gasteiger partial charge in [0.25, 0.3) is 5.91 Å². The van der Waals surface area contributed by atoms with E-state index in [4.69, 9.17) is 9.47 Å². The maximum absolute atomic E-state index is 11.9. The zero-order valence-corrected chi connectivity index (χ0v) is 17.2. The molecule has 7 heteroatoms. The SMILES string of the molecule is CCOc1c(I)cc(/C=N\NC(=O)CNc2ccc(C)cc2)cc1OC. The number of carbonyl (C=O) groups is 1. The third-order valence-electron chi connectivity index (χ3n) is 3.45. The van der Waals surface area contributed by atoms with Gasteiger partial charge in [0.15, 0.2) is 11.5 Å². The molecule has 0 aliphatic heterocycles. The van der Waals surface area contributed by atoms with Crippen LogP contribution in [0.2, 0.25) is 0 Å². The molecule has 2 aromatic rings.